The zero-order chi connectivity index (χ0) is 14.2. The molecule has 0 amide bonds. The van der Waals surface area contributed by atoms with E-state index in [1.807, 2.05) is 55.5 Å². The van der Waals surface area contributed by atoms with Crippen LogP contribution in [0, 0.1) is 0 Å². The van der Waals surface area contributed by atoms with Crippen LogP contribution in [0.1, 0.15) is 12.5 Å². The monoisotopic (exact) mass is 332 g/mol. The van der Waals surface area contributed by atoms with Crippen molar-refractivity contribution in [2.45, 2.75) is 6.92 Å². The second-order valence-electron chi connectivity index (χ2n) is 4.04. The van der Waals surface area contributed by atoms with Crippen molar-refractivity contribution in [3.8, 4) is 0 Å². The summed E-state index contributed by atoms with van der Waals surface area (Å²) in [5, 5.41) is 0. The summed E-state index contributed by atoms with van der Waals surface area (Å²) < 4.78 is 7.29. The van der Waals surface area contributed by atoms with E-state index in [1.54, 1.807) is 6.08 Å². The van der Waals surface area contributed by atoms with Gasteiger partial charge >= 0.3 is 125 Å². The van der Waals surface area contributed by atoms with Crippen molar-refractivity contribution < 1.29 is 9.53 Å². The Bertz CT molecular complexity index is 576. The van der Waals surface area contributed by atoms with Crippen LogP contribution in [-0.4, -0.2) is 27.5 Å². The van der Waals surface area contributed by atoms with Gasteiger partial charge in [-0.3, -0.25) is 0 Å². The van der Waals surface area contributed by atoms with E-state index in [0.29, 0.717) is 6.61 Å². The van der Waals surface area contributed by atoms with Crippen LogP contribution in [0.4, 0.5) is 0 Å². The van der Waals surface area contributed by atoms with E-state index in [4.69, 9.17) is 4.74 Å². The van der Waals surface area contributed by atoms with Crippen LogP contribution >= 0.6 is 0 Å². The van der Waals surface area contributed by atoms with E-state index in [9.17, 15) is 4.79 Å². The quantitative estimate of drug-likeness (QED) is 0.478. The molecule has 0 bridgehead atoms. The molecule has 0 atom stereocenters. The van der Waals surface area contributed by atoms with Crippen LogP contribution in [-0.2, 0) is 9.53 Å². The van der Waals surface area contributed by atoms with Crippen molar-refractivity contribution in [2.24, 2.45) is 0 Å². The summed E-state index contributed by atoms with van der Waals surface area (Å²) in [5.41, 5.74) is 1.07. The van der Waals surface area contributed by atoms with Crippen LogP contribution in [0.2, 0.25) is 0 Å². The third-order valence-corrected chi connectivity index (χ3v) is 4.83. The summed E-state index contributed by atoms with van der Waals surface area (Å²) in [6.07, 6.45) is 1.62. The molecule has 0 unspecified atom stereocenters. The minimum atomic E-state index is -0.274. The van der Waals surface area contributed by atoms with E-state index in [0.717, 1.165) is 10.0 Å². The number of benzene rings is 2. The first-order valence-electron chi connectivity index (χ1n) is 6.46. The van der Waals surface area contributed by atoms with Gasteiger partial charge in [-0.25, -0.2) is 0 Å². The van der Waals surface area contributed by atoms with Gasteiger partial charge in [-0.15, -0.1) is 0 Å². The molecule has 3 heteroatoms. The van der Waals surface area contributed by atoms with Crippen molar-refractivity contribution in [3.05, 3.63) is 72.3 Å². The number of rotatable bonds is 5. The minimum absolute atomic E-state index is 0.0787. The first-order chi connectivity index (χ1) is 9.79. The SMILES string of the molecule is CCOC(=O)/C=C(\[Se]c1ccccc1)c1ccccc1. The molecule has 2 rings (SSSR count). The predicted molar refractivity (Wildman–Crippen MR) is 82.9 cm³/mol. The van der Waals surface area contributed by atoms with E-state index in [1.165, 1.54) is 4.46 Å². The average molecular weight is 331 g/mol. The third kappa shape index (κ3) is 4.37. The number of esters is 1. The topological polar surface area (TPSA) is 26.3 Å². The number of hydrogen-bond donors (Lipinski definition) is 0. The molecule has 0 heterocycles. The fourth-order valence-corrected chi connectivity index (χ4v) is 3.69. The fraction of sp³-hybridized carbons (Fsp3) is 0.118. The summed E-state index contributed by atoms with van der Waals surface area (Å²) in [5.74, 6) is -0.274. The van der Waals surface area contributed by atoms with Crippen LogP contribution in [0.15, 0.2) is 66.7 Å². The molecule has 0 aliphatic heterocycles. The van der Waals surface area contributed by atoms with Gasteiger partial charge in [0.2, 0.25) is 0 Å². The van der Waals surface area contributed by atoms with Crippen molar-refractivity contribution in [1.82, 2.24) is 0 Å². The number of carbonyl (C=O) groups excluding carboxylic acids is 1. The molecule has 0 spiro atoms. The number of hydrogen-bond acceptors (Lipinski definition) is 2. The third-order valence-electron chi connectivity index (χ3n) is 2.56. The van der Waals surface area contributed by atoms with Gasteiger partial charge in [-0.05, 0) is 0 Å². The first-order valence-corrected chi connectivity index (χ1v) is 8.17. The molecular weight excluding hydrogens is 315 g/mol. The molecule has 20 heavy (non-hydrogen) atoms. The van der Waals surface area contributed by atoms with Gasteiger partial charge < -0.3 is 0 Å². The molecule has 0 radical (unpaired) electrons. The normalized spacial score (nSPS) is 11.2. The van der Waals surface area contributed by atoms with Crippen LogP contribution in [0.3, 0.4) is 0 Å². The Hall–Kier alpha value is -1.83. The Balaban J connectivity index is 2.27. The second-order valence-corrected chi connectivity index (χ2v) is 6.38. The zero-order valence-electron chi connectivity index (χ0n) is 11.3. The maximum absolute atomic E-state index is 11.7. The number of ether oxygens (including phenoxy) is 1. The Morgan fingerprint density at radius 2 is 1.65 bits per heavy atom. The molecule has 0 aliphatic rings. The molecule has 0 saturated heterocycles. The summed E-state index contributed by atoms with van der Waals surface area (Å²) >= 11 is 0.0787. The molecule has 0 N–H and O–H groups in total. The average Bonchev–Trinajstić information content (AvgIpc) is 2.49. The Morgan fingerprint density at radius 1 is 1.05 bits per heavy atom. The molecule has 2 aromatic rings. The summed E-state index contributed by atoms with van der Waals surface area (Å²) in [6.45, 7) is 2.21. The first kappa shape index (κ1) is 14.6. The fourth-order valence-electron chi connectivity index (χ4n) is 1.68. The summed E-state index contributed by atoms with van der Waals surface area (Å²) in [4.78, 5) is 11.7. The standard InChI is InChI=1S/C17H16O2Se/c1-2-19-17(18)13-16(14-9-5-3-6-10-14)20-15-11-7-4-8-12-15/h3-13H,2H2,1H3/b16-13-. The van der Waals surface area contributed by atoms with E-state index < -0.39 is 0 Å². The van der Waals surface area contributed by atoms with Gasteiger partial charge in [0.15, 0.2) is 0 Å². The predicted octanol–water partition coefficient (Wildman–Crippen LogP) is 2.62. The molecule has 2 nitrogen and oxygen atoms in total. The second kappa shape index (κ2) is 7.68. The van der Waals surface area contributed by atoms with Gasteiger partial charge in [0.05, 0.1) is 0 Å². The molecule has 102 valence electrons. The summed E-state index contributed by atoms with van der Waals surface area (Å²) in [6, 6.07) is 20.2. The van der Waals surface area contributed by atoms with E-state index in [-0.39, 0.29) is 20.9 Å². The Morgan fingerprint density at radius 3 is 2.25 bits per heavy atom. The van der Waals surface area contributed by atoms with Gasteiger partial charge in [-0.1, -0.05) is 0 Å². The van der Waals surface area contributed by atoms with Gasteiger partial charge in [-0.2, -0.15) is 0 Å². The van der Waals surface area contributed by atoms with Crippen molar-refractivity contribution in [1.29, 1.82) is 0 Å². The van der Waals surface area contributed by atoms with Crippen LogP contribution < -0.4 is 4.46 Å². The van der Waals surface area contributed by atoms with Crippen LogP contribution in [0.25, 0.3) is 4.47 Å². The summed E-state index contributed by atoms with van der Waals surface area (Å²) in [7, 11) is 0. The van der Waals surface area contributed by atoms with Gasteiger partial charge in [0.1, 0.15) is 0 Å². The molecule has 0 fully saturated rings. The molecular formula is C17H16O2Se. The van der Waals surface area contributed by atoms with Crippen molar-refractivity contribution >= 4 is 29.9 Å². The Kier molecular flexibility index (Phi) is 5.60. The Labute approximate surface area is 125 Å². The van der Waals surface area contributed by atoms with Gasteiger partial charge in [0.25, 0.3) is 0 Å². The molecule has 0 saturated carbocycles. The molecule has 2 aromatic carbocycles. The number of carbonyl (C=O) groups is 1. The van der Waals surface area contributed by atoms with Gasteiger partial charge in [0, 0.05) is 0 Å². The van der Waals surface area contributed by atoms with Crippen molar-refractivity contribution in [3.63, 3.8) is 0 Å². The van der Waals surface area contributed by atoms with E-state index in [2.05, 4.69) is 12.1 Å². The van der Waals surface area contributed by atoms with E-state index >= 15 is 0 Å². The molecule has 0 aromatic heterocycles. The van der Waals surface area contributed by atoms with Crippen molar-refractivity contribution in [2.75, 3.05) is 6.61 Å². The molecule has 0 aliphatic carbocycles. The zero-order valence-corrected chi connectivity index (χ0v) is 13.0. The maximum atomic E-state index is 11.7. The van der Waals surface area contributed by atoms with Crippen LogP contribution in [0.5, 0.6) is 0 Å².